The molecule has 3 aromatic rings. The Labute approximate surface area is 287 Å². The highest BCUT2D eigenvalue weighted by atomic mass is 31.1. The summed E-state index contributed by atoms with van der Waals surface area (Å²) in [6, 6.07) is 27.1. The summed E-state index contributed by atoms with van der Waals surface area (Å²) in [5.41, 5.74) is 0.645. The van der Waals surface area contributed by atoms with E-state index in [1.807, 2.05) is 66.7 Å². The SMILES string of the molecule is CCCCCCCCOc1ccc(CCC(CO)(CO[P+](=O)C(Cc2ccccc2)c2ccccc2)NC(=O)OC(C)(C)C)cc1C#N. The van der Waals surface area contributed by atoms with Crippen LogP contribution < -0.4 is 10.1 Å². The molecule has 9 heteroatoms. The maximum atomic E-state index is 13.8. The first-order chi connectivity index (χ1) is 23.1. The van der Waals surface area contributed by atoms with E-state index in [-0.39, 0.29) is 13.0 Å². The third-order valence-corrected chi connectivity index (χ3v) is 9.43. The lowest BCUT2D eigenvalue weighted by Gasteiger charge is -2.32. The molecule has 0 bridgehead atoms. The molecule has 0 saturated carbocycles. The molecular weight excluding hydrogens is 623 g/mol. The molecule has 0 fully saturated rings. The minimum Gasteiger partial charge on any atom is -0.492 e. The highest BCUT2D eigenvalue weighted by Gasteiger charge is 2.41. The molecule has 0 aliphatic rings. The van der Waals surface area contributed by atoms with Crippen molar-refractivity contribution >= 4 is 14.1 Å². The van der Waals surface area contributed by atoms with Crippen molar-refractivity contribution in [1.29, 1.82) is 5.26 Å². The van der Waals surface area contributed by atoms with E-state index in [2.05, 4.69) is 18.3 Å². The fourth-order valence-electron chi connectivity index (χ4n) is 5.35. The number of amides is 1. The number of ether oxygens (including phenoxy) is 2. The second-order valence-electron chi connectivity index (χ2n) is 13.3. The van der Waals surface area contributed by atoms with E-state index in [0.717, 1.165) is 29.5 Å². The van der Waals surface area contributed by atoms with Crippen LogP contribution in [0.3, 0.4) is 0 Å². The average molecular weight is 676 g/mol. The van der Waals surface area contributed by atoms with E-state index in [0.29, 0.717) is 30.8 Å². The predicted octanol–water partition coefficient (Wildman–Crippen LogP) is 9.23. The number of hydrogen-bond acceptors (Lipinski definition) is 7. The van der Waals surface area contributed by atoms with Crippen molar-refractivity contribution in [3.8, 4) is 11.8 Å². The number of benzene rings is 3. The van der Waals surface area contributed by atoms with Crippen LogP contribution in [0.4, 0.5) is 4.79 Å². The van der Waals surface area contributed by atoms with Gasteiger partial charge in [-0.15, -0.1) is 4.52 Å². The lowest BCUT2D eigenvalue weighted by molar-refractivity contribution is 0.0308. The topological polar surface area (TPSA) is 118 Å². The number of aliphatic hydroxyl groups excluding tert-OH is 1. The molecule has 8 nitrogen and oxygen atoms in total. The summed E-state index contributed by atoms with van der Waals surface area (Å²) in [6.07, 6.45) is 7.33. The van der Waals surface area contributed by atoms with Gasteiger partial charge in [-0.05, 0) is 67.9 Å². The first-order valence-corrected chi connectivity index (χ1v) is 18.3. The van der Waals surface area contributed by atoms with Gasteiger partial charge in [0.05, 0.1) is 24.3 Å². The van der Waals surface area contributed by atoms with Crippen molar-refractivity contribution in [1.82, 2.24) is 5.32 Å². The second-order valence-corrected chi connectivity index (χ2v) is 14.8. The summed E-state index contributed by atoms with van der Waals surface area (Å²) >= 11 is 0. The number of nitriles is 1. The van der Waals surface area contributed by atoms with Crippen molar-refractivity contribution in [2.24, 2.45) is 0 Å². The van der Waals surface area contributed by atoms with Crippen molar-refractivity contribution in [2.75, 3.05) is 19.8 Å². The Bertz CT molecular complexity index is 1450. The summed E-state index contributed by atoms with van der Waals surface area (Å²) in [4.78, 5) is 13.0. The van der Waals surface area contributed by atoms with Gasteiger partial charge in [0.1, 0.15) is 24.0 Å². The number of aryl methyl sites for hydroxylation is 1. The van der Waals surface area contributed by atoms with E-state index in [4.69, 9.17) is 14.0 Å². The highest BCUT2D eigenvalue weighted by Crippen LogP contribution is 2.45. The molecule has 0 radical (unpaired) electrons. The first-order valence-electron chi connectivity index (χ1n) is 17.0. The fourth-order valence-corrected chi connectivity index (χ4v) is 6.68. The molecule has 3 aromatic carbocycles. The summed E-state index contributed by atoms with van der Waals surface area (Å²) < 4.78 is 31.4. The molecule has 3 rings (SSSR count). The zero-order valence-corrected chi connectivity index (χ0v) is 29.8. The number of alkyl carbamates (subject to hydrolysis) is 1. The van der Waals surface area contributed by atoms with Gasteiger partial charge < -0.3 is 19.9 Å². The van der Waals surface area contributed by atoms with E-state index in [1.54, 1.807) is 32.9 Å². The van der Waals surface area contributed by atoms with Crippen LogP contribution >= 0.6 is 8.03 Å². The molecule has 3 atom stereocenters. The summed E-state index contributed by atoms with van der Waals surface area (Å²) in [5.74, 6) is 0.542. The van der Waals surface area contributed by atoms with Crippen LogP contribution in [0.1, 0.15) is 101 Å². The molecule has 258 valence electrons. The molecule has 1 amide bonds. The molecule has 0 saturated heterocycles. The smallest absolute Gasteiger partial charge is 0.492 e. The monoisotopic (exact) mass is 675 g/mol. The van der Waals surface area contributed by atoms with E-state index in [9.17, 15) is 19.7 Å². The molecular formula is C39H52N2O6P+. The van der Waals surface area contributed by atoms with Gasteiger partial charge in [-0.1, -0.05) is 106 Å². The number of hydrogen-bond donors (Lipinski definition) is 2. The maximum Gasteiger partial charge on any atom is 0.516 e. The van der Waals surface area contributed by atoms with Gasteiger partial charge in [-0.25, -0.2) is 4.79 Å². The molecule has 2 N–H and O–H groups in total. The molecule has 48 heavy (non-hydrogen) atoms. The molecule has 0 aromatic heterocycles. The second kappa shape index (κ2) is 19.9. The summed E-state index contributed by atoms with van der Waals surface area (Å²) in [7, 11) is -2.27. The van der Waals surface area contributed by atoms with Crippen LogP contribution in [0, 0.1) is 11.3 Å². The number of aliphatic hydroxyl groups is 1. The highest BCUT2D eigenvalue weighted by molar-refractivity contribution is 7.39. The van der Waals surface area contributed by atoms with Crippen LogP contribution in [0.5, 0.6) is 5.75 Å². The fraction of sp³-hybridized carbons (Fsp3) is 0.487. The number of rotatable bonds is 20. The van der Waals surface area contributed by atoms with Gasteiger partial charge >= 0.3 is 14.1 Å². The van der Waals surface area contributed by atoms with Crippen LogP contribution in [0.2, 0.25) is 0 Å². The third kappa shape index (κ3) is 13.4. The Balaban J connectivity index is 1.75. The number of nitrogens with zero attached hydrogens (tertiary/aromatic N) is 1. The van der Waals surface area contributed by atoms with Crippen molar-refractivity contribution < 1.29 is 28.5 Å². The Morgan fingerprint density at radius 1 is 0.938 bits per heavy atom. The van der Waals surface area contributed by atoms with Crippen LogP contribution in [0.25, 0.3) is 0 Å². The standard InChI is InChI=1S/C39H51N2O6P/c1-5-6-7-8-9-16-25-45-35-22-21-32(26-34(35)28-40)23-24-39(29-42,41-37(43)47-38(2,3)4)30-46-48(44)36(33-19-14-11-15-20-33)27-31-17-12-10-13-18-31/h10-15,17-22,26,36,42H,5-9,16,23-25,27,29-30H2,1-4H3/p+1. The summed E-state index contributed by atoms with van der Waals surface area (Å²) in [5, 5.41) is 23.4. The minimum atomic E-state index is -2.27. The van der Waals surface area contributed by atoms with Gasteiger partial charge in [0.2, 0.25) is 5.66 Å². The molecule has 3 unspecified atom stereocenters. The quantitative estimate of drug-likeness (QED) is 0.0906. The Kier molecular flexibility index (Phi) is 16.1. The molecule has 0 spiro atoms. The molecule has 0 aliphatic carbocycles. The van der Waals surface area contributed by atoms with Crippen LogP contribution in [-0.4, -0.2) is 42.2 Å². The zero-order chi connectivity index (χ0) is 34.8. The number of carbonyl (C=O) groups excluding carboxylic acids is 1. The van der Waals surface area contributed by atoms with E-state index in [1.165, 1.54) is 25.7 Å². The molecule has 0 heterocycles. The van der Waals surface area contributed by atoms with E-state index >= 15 is 0 Å². The number of nitrogens with one attached hydrogen (secondary N) is 1. The average Bonchev–Trinajstić information content (AvgIpc) is 3.08. The minimum absolute atomic E-state index is 0.208. The van der Waals surface area contributed by atoms with Gasteiger partial charge in [0, 0.05) is 12.0 Å². The van der Waals surface area contributed by atoms with E-state index < -0.39 is 37.5 Å². The maximum absolute atomic E-state index is 13.8. The summed E-state index contributed by atoms with van der Waals surface area (Å²) in [6.45, 7) is 7.34. The zero-order valence-electron chi connectivity index (χ0n) is 29.0. The number of carbonyl (C=O) groups is 1. The van der Waals surface area contributed by atoms with Crippen LogP contribution in [0.15, 0.2) is 78.9 Å². The van der Waals surface area contributed by atoms with Gasteiger partial charge in [0.25, 0.3) is 0 Å². The Morgan fingerprint density at radius 2 is 1.60 bits per heavy atom. The van der Waals surface area contributed by atoms with Crippen molar-refractivity contribution in [2.45, 2.75) is 102 Å². The van der Waals surface area contributed by atoms with Crippen molar-refractivity contribution in [3.63, 3.8) is 0 Å². The Morgan fingerprint density at radius 3 is 2.25 bits per heavy atom. The molecule has 0 aliphatic heterocycles. The normalized spacial score (nSPS) is 13.5. The van der Waals surface area contributed by atoms with Crippen LogP contribution in [-0.2, 0) is 26.7 Å². The van der Waals surface area contributed by atoms with Gasteiger partial charge in [-0.2, -0.15) is 5.26 Å². The number of unbranched alkanes of at least 4 members (excludes halogenated alkanes) is 5. The van der Waals surface area contributed by atoms with Gasteiger partial charge in [0.15, 0.2) is 0 Å². The lowest BCUT2D eigenvalue weighted by atomic mass is 9.92. The first kappa shape index (κ1) is 38.7. The lowest BCUT2D eigenvalue weighted by Crippen LogP contribution is -2.55. The third-order valence-electron chi connectivity index (χ3n) is 8.06. The largest absolute Gasteiger partial charge is 0.516 e. The Hall–Kier alpha value is -3.76. The van der Waals surface area contributed by atoms with Gasteiger partial charge in [-0.3, -0.25) is 0 Å². The van der Waals surface area contributed by atoms with Crippen molar-refractivity contribution in [3.05, 3.63) is 101 Å². The predicted molar refractivity (Wildman–Crippen MR) is 190 cm³/mol.